The molecule has 1 heterocycles. The molecule has 1 aliphatic rings. The molecular formula is C13H21N3O3. The summed E-state index contributed by atoms with van der Waals surface area (Å²) < 4.78 is 0. The number of amides is 2. The normalized spacial score (nSPS) is 19.3. The summed E-state index contributed by atoms with van der Waals surface area (Å²) in [5.74, 6) is 1.67. The van der Waals surface area contributed by atoms with Gasteiger partial charge in [-0.1, -0.05) is 0 Å². The first-order valence-electron chi connectivity index (χ1n) is 6.41. The lowest BCUT2D eigenvalue weighted by Crippen LogP contribution is -2.55. The van der Waals surface area contributed by atoms with Gasteiger partial charge in [0.2, 0.25) is 0 Å². The molecule has 6 heteroatoms. The molecule has 0 aromatic carbocycles. The van der Waals surface area contributed by atoms with Gasteiger partial charge in [-0.25, -0.2) is 4.79 Å². The lowest BCUT2D eigenvalue weighted by atomic mass is 10.2. The molecule has 1 fully saturated rings. The largest absolute Gasteiger partial charge is 0.480 e. The zero-order valence-corrected chi connectivity index (χ0v) is 11.4. The molecule has 19 heavy (non-hydrogen) atoms. The summed E-state index contributed by atoms with van der Waals surface area (Å²) in [6.45, 7) is 5.74. The minimum Gasteiger partial charge on any atom is -0.480 e. The lowest BCUT2D eigenvalue weighted by Gasteiger charge is -2.36. The maximum Gasteiger partial charge on any atom is 0.320 e. The second-order valence-corrected chi connectivity index (χ2v) is 4.80. The molecule has 6 nitrogen and oxygen atoms in total. The molecule has 0 spiro atoms. The van der Waals surface area contributed by atoms with Gasteiger partial charge in [0.15, 0.2) is 0 Å². The molecule has 2 N–H and O–H groups in total. The van der Waals surface area contributed by atoms with Crippen LogP contribution in [0.15, 0.2) is 0 Å². The fourth-order valence-electron chi connectivity index (χ4n) is 2.00. The molecule has 1 rings (SSSR count). The van der Waals surface area contributed by atoms with Gasteiger partial charge in [0.1, 0.15) is 6.04 Å². The van der Waals surface area contributed by atoms with Crippen LogP contribution in [-0.2, 0) is 4.79 Å². The first-order chi connectivity index (χ1) is 8.95. The summed E-state index contributed by atoms with van der Waals surface area (Å²) in [6, 6.07) is -0.690. The van der Waals surface area contributed by atoms with Crippen molar-refractivity contribution in [1.82, 2.24) is 15.1 Å². The fraction of sp³-hybridized carbons (Fsp3) is 0.692. The monoisotopic (exact) mass is 267 g/mol. The van der Waals surface area contributed by atoms with Crippen LogP contribution in [0.5, 0.6) is 0 Å². The molecule has 2 amide bonds. The molecule has 0 aliphatic carbocycles. The molecule has 0 saturated carbocycles. The van der Waals surface area contributed by atoms with E-state index in [4.69, 9.17) is 11.5 Å². The Hall–Kier alpha value is -1.74. The molecule has 0 radical (unpaired) electrons. The minimum atomic E-state index is -0.833. The number of aliphatic carboxylic acids is 1. The van der Waals surface area contributed by atoms with E-state index in [0.29, 0.717) is 32.6 Å². The molecule has 106 valence electrons. The van der Waals surface area contributed by atoms with Gasteiger partial charge in [0.25, 0.3) is 0 Å². The van der Waals surface area contributed by atoms with E-state index in [9.17, 15) is 9.59 Å². The zero-order valence-electron chi connectivity index (χ0n) is 11.4. The smallest absolute Gasteiger partial charge is 0.320 e. The van der Waals surface area contributed by atoms with Crippen LogP contribution in [0.4, 0.5) is 4.79 Å². The van der Waals surface area contributed by atoms with E-state index >= 15 is 0 Å². The van der Waals surface area contributed by atoms with Crippen molar-refractivity contribution in [2.45, 2.75) is 32.4 Å². The number of carbonyl (C=O) groups is 2. The molecule has 0 aromatic rings. The molecule has 1 aliphatic heterocycles. The van der Waals surface area contributed by atoms with Gasteiger partial charge in [-0.3, -0.25) is 9.69 Å². The number of urea groups is 1. The molecule has 1 saturated heterocycles. The Bertz CT molecular complexity index is 370. The third-order valence-electron chi connectivity index (χ3n) is 3.30. The highest BCUT2D eigenvalue weighted by Crippen LogP contribution is 2.07. The van der Waals surface area contributed by atoms with Crippen molar-refractivity contribution in [3.8, 4) is 12.3 Å². The number of rotatable bonds is 4. The van der Waals surface area contributed by atoms with Gasteiger partial charge in [-0.05, 0) is 13.8 Å². The first kappa shape index (κ1) is 15.3. The van der Waals surface area contributed by atoms with E-state index in [2.05, 4.69) is 11.2 Å². The van der Waals surface area contributed by atoms with Crippen molar-refractivity contribution in [3.05, 3.63) is 0 Å². The number of nitrogens with zero attached hydrogens (tertiary/aromatic N) is 2. The van der Waals surface area contributed by atoms with Crippen molar-refractivity contribution < 1.29 is 14.7 Å². The molecular weight excluding hydrogens is 246 g/mol. The average molecular weight is 267 g/mol. The number of terminal acetylenes is 1. The van der Waals surface area contributed by atoms with E-state index in [1.165, 1.54) is 0 Å². The van der Waals surface area contributed by atoms with Gasteiger partial charge < -0.3 is 15.3 Å². The van der Waals surface area contributed by atoms with Gasteiger partial charge in [-0.15, -0.1) is 12.3 Å². The lowest BCUT2D eigenvalue weighted by molar-refractivity contribution is -0.143. The van der Waals surface area contributed by atoms with E-state index in [1.807, 2.05) is 11.8 Å². The van der Waals surface area contributed by atoms with Crippen LogP contribution >= 0.6 is 0 Å². The Kier molecular flexibility index (Phi) is 5.64. The third-order valence-corrected chi connectivity index (χ3v) is 3.30. The Balaban J connectivity index is 2.39. The second kappa shape index (κ2) is 7.00. The fourth-order valence-corrected chi connectivity index (χ4v) is 2.00. The highest BCUT2D eigenvalue weighted by atomic mass is 16.4. The summed E-state index contributed by atoms with van der Waals surface area (Å²) in [7, 11) is 0. The number of carboxylic acid groups (broad SMARTS) is 1. The van der Waals surface area contributed by atoms with Gasteiger partial charge in [0.05, 0.1) is 0 Å². The molecule has 2 atom stereocenters. The number of carbonyl (C=O) groups excluding carboxylic acids is 1. The summed E-state index contributed by atoms with van der Waals surface area (Å²) in [6.07, 6.45) is 5.69. The van der Waals surface area contributed by atoms with Crippen molar-refractivity contribution in [2.75, 3.05) is 26.2 Å². The number of hydrogen-bond acceptors (Lipinski definition) is 3. The van der Waals surface area contributed by atoms with E-state index in [0.717, 1.165) is 0 Å². The standard InChI is InChI=1S/C13H21N3O3/c1-4-5-10(2)14-13(19)16-8-6-15(7-9-16)11(3)12(17)18/h1,10-11H,5-9H2,2-3H3,(H,14,19)(H,17,18). The average Bonchev–Trinajstić information content (AvgIpc) is 2.38. The Morgan fingerprint density at radius 3 is 2.37 bits per heavy atom. The quantitative estimate of drug-likeness (QED) is 0.714. The van der Waals surface area contributed by atoms with Crippen LogP contribution < -0.4 is 5.32 Å². The zero-order chi connectivity index (χ0) is 14.4. The van der Waals surface area contributed by atoms with Crippen LogP contribution in [-0.4, -0.2) is 65.2 Å². The van der Waals surface area contributed by atoms with Gasteiger partial charge >= 0.3 is 12.0 Å². The second-order valence-electron chi connectivity index (χ2n) is 4.80. The Morgan fingerprint density at radius 1 is 1.32 bits per heavy atom. The summed E-state index contributed by atoms with van der Waals surface area (Å²) >= 11 is 0. The van der Waals surface area contributed by atoms with Crippen LogP contribution in [0, 0.1) is 12.3 Å². The summed E-state index contributed by atoms with van der Waals surface area (Å²) in [4.78, 5) is 26.3. The first-order valence-corrected chi connectivity index (χ1v) is 6.41. The van der Waals surface area contributed by atoms with Crippen LogP contribution in [0.1, 0.15) is 20.3 Å². The summed E-state index contributed by atoms with van der Waals surface area (Å²) in [5.41, 5.74) is 0. The maximum atomic E-state index is 11.9. The van der Waals surface area contributed by atoms with Gasteiger partial charge in [-0.2, -0.15) is 0 Å². The minimum absolute atomic E-state index is 0.0477. The van der Waals surface area contributed by atoms with E-state index in [-0.39, 0.29) is 12.1 Å². The van der Waals surface area contributed by atoms with Crippen molar-refractivity contribution >= 4 is 12.0 Å². The van der Waals surface area contributed by atoms with Crippen LogP contribution in [0.3, 0.4) is 0 Å². The van der Waals surface area contributed by atoms with E-state index < -0.39 is 12.0 Å². The highest BCUT2D eigenvalue weighted by Gasteiger charge is 2.27. The predicted octanol–water partition coefficient (Wildman–Crippen LogP) is 0.199. The molecule has 0 bridgehead atoms. The van der Waals surface area contributed by atoms with Crippen LogP contribution in [0.2, 0.25) is 0 Å². The molecule has 2 unspecified atom stereocenters. The topological polar surface area (TPSA) is 72.9 Å². The highest BCUT2D eigenvalue weighted by molar-refractivity contribution is 5.75. The third kappa shape index (κ3) is 4.45. The van der Waals surface area contributed by atoms with Crippen molar-refractivity contribution in [1.29, 1.82) is 0 Å². The SMILES string of the molecule is C#CCC(C)NC(=O)N1CCN(C(C)C(=O)O)CC1. The van der Waals surface area contributed by atoms with Crippen molar-refractivity contribution in [2.24, 2.45) is 0 Å². The van der Waals surface area contributed by atoms with Gasteiger partial charge in [0, 0.05) is 38.6 Å². The van der Waals surface area contributed by atoms with E-state index in [1.54, 1.807) is 11.8 Å². The maximum absolute atomic E-state index is 11.9. The Morgan fingerprint density at radius 2 is 1.89 bits per heavy atom. The number of piperazine rings is 1. The number of carboxylic acids is 1. The van der Waals surface area contributed by atoms with Crippen LogP contribution in [0.25, 0.3) is 0 Å². The number of nitrogens with one attached hydrogen (secondary N) is 1. The predicted molar refractivity (Wildman–Crippen MR) is 71.7 cm³/mol. The van der Waals surface area contributed by atoms with Crippen molar-refractivity contribution in [3.63, 3.8) is 0 Å². The molecule has 0 aromatic heterocycles. The Labute approximate surface area is 113 Å². The number of hydrogen-bond donors (Lipinski definition) is 2. The summed E-state index contributed by atoms with van der Waals surface area (Å²) in [5, 5.41) is 11.8.